The van der Waals surface area contributed by atoms with Gasteiger partial charge in [0.15, 0.2) is 0 Å². The summed E-state index contributed by atoms with van der Waals surface area (Å²) >= 11 is 4.55. The van der Waals surface area contributed by atoms with Crippen LogP contribution in [0, 0.1) is 0 Å². The van der Waals surface area contributed by atoms with Crippen molar-refractivity contribution >= 4 is 11.6 Å². The lowest BCUT2D eigenvalue weighted by Crippen LogP contribution is -2.26. The highest BCUT2D eigenvalue weighted by atomic mass is 35.5. The topological polar surface area (TPSA) is 20.2 Å². The zero-order chi connectivity index (χ0) is 8.91. The van der Waals surface area contributed by atoms with Crippen LogP contribution in [0.15, 0.2) is 12.7 Å². The number of alkyl halides is 3. The molecule has 0 aromatic carbocycles. The Morgan fingerprint density at radius 2 is 2.18 bits per heavy atom. The summed E-state index contributed by atoms with van der Waals surface area (Å²) in [5.74, 6) is 0. The second-order valence-electron chi connectivity index (χ2n) is 2.28. The molecule has 0 heterocycles. The van der Waals surface area contributed by atoms with E-state index in [1.165, 1.54) is 0 Å². The first-order valence-corrected chi connectivity index (χ1v) is 3.72. The average Bonchev–Trinajstić information content (AvgIpc) is 1.86. The summed E-state index contributed by atoms with van der Waals surface area (Å²) < 4.78 is 24.1. The molecule has 0 saturated carbocycles. The molecule has 0 radical (unpaired) electrons. The van der Waals surface area contributed by atoms with Gasteiger partial charge in [-0.25, -0.2) is 0 Å². The Hall–Kier alpha value is -0.150. The summed E-state index contributed by atoms with van der Waals surface area (Å²) in [6.07, 6.45) is 0.961. The van der Waals surface area contributed by atoms with Crippen LogP contribution in [-0.2, 0) is 0 Å². The normalized spacial score (nSPS) is 14.5. The summed E-state index contributed by atoms with van der Waals surface area (Å²) in [7, 11) is 0. The van der Waals surface area contributed by atoms with Crippen molar-refractivity contribution < 1.29 is 13.9 Å². The zero-order valence-corrected chi connectivity index (χ0v) is 6.82. The Kier molecular flexibility index (Phi) is 4.61. The molecule has 0 aliphatic heterocycles. The van der Waals surface area contributed by atoms with E-state index in [1.54, 1.807) is 6.08 Å². The summed E-state index contributed by atoms with van der Waals surface area (Å²) in [6.45, 7) is 3.42. The molecule has 0 fully saturated rings. The molecule has 0 amide bonds. The van der Waals surface area contributed by atoms with Crippen LogP contribution in [0.25, 0.3) is 0 Å². The number of allylic oxidation sites excluding steroid dienone is 1. The van der Waals surface area contributed by atoms with Crippen LogP contribution in [0.5, 0.6) is 0 Å². The van der Waals surface area contributed by atoms with Gasteiger partial charge in [0.1, 0.15) is 6.10 Å². The van der Waals surface area contributed by atoms with Crippen LogP contribution in [-0.4, -0.2) is 16.6 Å². The van der Waals surface area contributed by atoms with Crippen molar-refractivity contribution in [1.29, 1.82) is 0 Å². The van der Waals surface area contributed by atoms with Crippen LogP contribution in [0.4, 0.5) is 8.78 Å². The Balaban J connectivity index is 3.52. The first-order valence-electron chi connectivity index (χ1n) is 3.34. The van der Waals surface area contributed by atoms with Gasteiger partial charge >= 0.3 is 5.38 Å². The average molecular weight is 185 g/mol. The van der Waals surface area contributed by atoms with Gasteiger partial charge in [-0.05, 0) is 30.9 Å². The standard InChI is InChI=1S/C7H11ClF2O/c1-2-3-4-5-6(11)7(8,9)10/h2,6,11H,1,3-5H2. The number of aliphatic hydroxyl groups is 1. The van der Waals surface area contributed by atoms with Gasteiger partial charge in [0.2, 0.25) is 0 Å². The Labute approximate surface area is 69.7 Å². The van der Waals surface area contributed by atoms with Crippen molar-refractivity contribution in [2.45, 2.75) is 30.7 Å². The maximum absolute atomic E-state index is 12.0. The van der Waals surface area contributed by atoms with E-state index >= 15 is 0 Å². The van der Waals surface area contributed by atoms with E-state index in [9.17, 15) is 8.78 Å². The van der Waals surface area contributed by atoms with Gasteiger partial charge < -0.3 is 5.11 Å². The molecule has 0 saturated heterocycles. The number of halogens is 3. The third-order valence-electron chi connectivity index (χ3n) is 1.26. The summed E-state index contributed by atoms with van der Waals surface area (Å²) in [5.41, 5.74) is 0. The van der Waals surface area contributed by atoms with Crippen molar-refractivity contribution in [3.05, 3.63) is 12.7 Å². The van der Waals surface area contributed by atoms with Crippen molar-refractivity contribution in [1.82, 2.24) is 0 Å². The van der Waals surface area contributed by atoms with E-state index in [1.807, 2.05) is 0 Å². The molecule has 66 valence electrons. The predicted octanol–water partition coefficient (Wildman–Crippen LogP) is 2.54. The molecule has 0 aliphatic carbocycles. The van der Waals surface area contributed by atoms with Crippen LogP contribution in [0.3, 0.4) is 0 Å². The van der Waals surface area contributed by atoms with Crippen molar-refractivity contribution in [2.75, 3.05) is 0 Å². The van der Waals surface area contributed by atoms with Crippen molar-refractivity contribution in [2.24, 2.45) is 0 Å². The number of hydrogen-bond donors (Lipinski definition) is 1. The molecule has 1 nitrogen and oxygen atoms in total. The summed E-state index contributed by atoms with van der Waals surface area (Å²) in [5, 5.41) is 5.20. The fourth-order valence-corrected chi connectivity index (χ4v) is 0.728. The lowest BCUT2D eigenvalue weighted by atomic mass is 10.1. The highest BCUT2D eigenvalue weighted by Crippen LogP contribution is 2.26. The van der Waals surface area contributed by atoms with Crippen LogP contribution in [0.2, 0.25) is 0 Å². The molecular weight excluding hydrogens is 174 g/mol. The van der Waals surface area contributed by atoms with Gasteiger partial charge in [0, 0.05) is 0 Å². The molecule has 1 unspecified atom stereocenters. The molecule has 0 spiro atoms. The van der Waals surface area contributed by atoms with E-state index in [2.05, 4.69) is 18.2 Å². The summed E-state index contributed by atoms with van der Waals surface area (Å²) in [4.78, 5) is 0. The largest absolute Gasteiger partial charge is 0.385 e. The Morgan fingerprint density at radius 1 is 1.64 bits per heavy atom. The SMILES string of the molecule is C=CCCCC(O)C(F)(F)Cl. The minimum Gasteiger partial charge on any atom is -0.385 e. The van der Waals surface area contributed by atoms with Gasteiger partial charge in [0.25, 0.3) is 0 Å². The summed E-state index contributed by atoms with van der Waals surface area (Å²) in [6, 6.07) is 0. The van der Waals surface area contributed by atoms with Crippen LogP contribution < -0.4 is 0 Å². The molecule has 1 atom stereocenters. The van der Waals surface area contributed by atoms with Gasteiger partial charge in [-0.2, -0.15) is 8.78 Å². The molecule has 0 rings (SSSR count). The number of rotatable bonds is 5. The van der Waals surface area contributed by atoms with E-state index in [0.717, 1.165) is 0 Å². The smallest absolute Gasteiger partial charge is 0.347 e. The minimum atomic E-state index is -3.50. The second kappa shape index (κ2) is 4.67. The number of hydrogen-bond acceptors (Lipinski definition) is 1. The maximum Gasteiger partial charge on any atom is 0.347 e. The molecule has 0 aromatic heterocycles. The van der Waals surface area contributed by atoms with E-state index in [4.69, 9.17) is 5.11 Å². The highest BCUT2D eigenvalue weighted by molar-refractivity contribution is 6.22. The fourth-order valence-electron chi connectivity index (χ4n) is 0.619. The Morgan fingerprint density at radius 3 is 2.55 bits per heavy atom. The lowest BCUT2D eigenvalue weighted by molar-refractivity contribution is -0.0449. The molecule has 0 aliphatic rings. The molecule has 11 heavy (non-hydrogen) atoms. The van der Waals surface area contributed by atoms with Gasteiger partial charge in [-0.1, -0.05) is 6.08 Å². The van der Waals surface area contributed by atoms with Gasteiger partial charge in [-0.3, -0.25) is 0 Å². The monoisotopic (exact) mass is 184 g/mol. The first-order chi connectivity index (χ1) is 4.98. The number of aliphatic hydroxyl groups excluding tert-OH is 1. The third kappa shape index (κ3) is 5.16. The quantitative estimate of drug-likeness (QED) is 0.396. The predicted molar refractivity (Wildman–Crippen MR) is 40.9 cm³/mol. The molecule has 0 bridgehead atoms. The molecular formula is C7H11ClF2O. The number of unbranched alkanes of at least 4 members (excludes halogenated alkanes) is 1. The first kappa shape index (κ1) is 10.8. The van der Waals surface area contributed by atoms with E-state index in [-0.39, 0.29) is 6.42 Å². The molecule has 0 aromatic rings. The fraction of sp³-hybridized carbons (Fsp3) is 0.714. The van der Waals surface area contributed by atoms with Crippen molar-refractivity contribution in [3.8, 4) is 0 Å². The Bertz CT molecular complexity index is 122. The molecule has 1 N–H and O–H groups in total. The van der Waals surface area contributed by atoms with Crippen LogP contribution in [0.1, 0.15) is 19.3 Å². The zero-order valence-electron chi connectivity index (χ0n) is 6.06. The van der Waals surface area contributed by atoms with Crippen molar-refractivity contribution in [3.63, 3.8) is 0 Å². The minimum absolute atomic E-state index is 0.00250. The highest BCUT2D eigenvalue weighted by Gasteiger charge is 2.34. The second-order valence-corrected chi connectivity index (χ2v) is 2.78. The maximum atomic E-state index is 12.0. The third-order valence-corrected chi connectivity index (χ3v) is 1.52. The van der Waals surface area contributed by atoms with Gasteiger partial charge in [0.05, 0.1) is 0 Å². The lowest BCUT2D eigenvalue weighted by Gasteiger charge is -2.14. The van der Waals surface area contributed by atoms with Gasteiger partial charge in [-0.15, -0.1) is 6.58 Å². The van der Waals surface area contributed by atoms with E-state index < -0.39 is 11.5 Å². The van der Waals surface area contributed by atoms with E-state index in [0.29, 0.717) is 12.8 Å². The molecule has 4 heteroatoms. The van der Waals surface area contributed by atoms with Crippen LogP contribution >= 0.6 is 11.6 Å².